The second-order valence-electron chi connectivity index (χ2n) is 4.53. The number of rotatable bonds is 4. The van der Waals surface area contributed by atoms with Gasteiger partial charge in [0.25, 0.3) is 10.0 Å². The Morgan fingerprint density at radius 2 is 1.91 bits per heavy atom. The molecule has 9 heteroatoms. The van der Waals surface area contributed by atoms with E-state index < -0.39 is 26.6 Å². The Labute approximate surface area is 130 Å². The minimum atomic E-state index is -4.32. The van der Waals surface area contributed by atoms with Crippen molar-refractivity contribution in [1.29, 1.82) is 0 Å². The largest absolute Gasteiger partial charge is 0.276 e. The predicted molar refractivity (Wildman–Crippen MR) is 79.0 cm³/mol. The minimum Gasteiger partial charge on any atom is -0.276 e. The molecule has 0 saturated carbocycles. The molecule has 0 aliphatic carbocycles. The van der Waals surface area contributed by atoms with Gasteiger partial charge >= 0.3 is 0 Å². The van der Waals surface area contributed by atoms with Crippen molar-refractivity contribution in [2.24, 2.45) is 0 Å². The molecular weight excluding hydrogens is 326 g/mol. The summed E-state index contributed by atoms with van der Waals surface area (Å²) < 4.78 is 53.7. The number of hydrogen-bond acceptors (Lipinski definition) is 4. The van der Waals surface area contributed by atoms with Crippen molar-refractivity contribution in [3.05, 3.63) is 60.4 Å². The lowest BCUT2D eigenvalue weighted by molar-refractivity contribution is 0.485. The number of nitrogens with zero attached hydrogens (tertiary/aromatic N) is 2. The van der Waals surface area contributed by atoms with Gasteiger partial charge in [-0.1, -0.05) is 12.1 Å². The number of H-pyrrole nitrogens is 1. The fourth-order valence-corrected chi connectivity index (χ4v) is 3.11. The molecule has 0 spiro atoms. The first-order valence-electron chi connectivity index (χ1n) is 6.40. The normalized spacial score (nSPS) is 11.4. The van der Waals surface area contributed by atoms with E-state index in [2.05, 4.69) is 19.9 Å². The molecular formula is C14H10F2N4O2S. The van der Waals surface area contributed by atoms with Gasteiger partial charge in [-0.05, 0) is 24.3 Å². The van der Waals surface area contributed by atoms with Crippen LogP contribution in [0.1, 0.15) is 0 Å². The number of aromatic nitrogens is 3. The molecule has 2 heterocycles. The molecule has 0 amide bonds. The van der Waals surface area contributed by atoms with Crippen molar-refractivity contribution in [2.45, 2.75) is 4.90 Å². The average molecular weight is 336 g/mol. The van der Waals surface area contributed by atoms with Crippen LogP contribution in [0.15, 0.2) is 53.7 Å². The number of anilines is 1. The number of halogens is 2. The topological polar surface area (TPSA) is 87.7 Å². The van der Waals surface area contributed by atoms with Gasteiger partial charge in [0.1, 0.15) is 10.6 Å². The molecule has 3 rings (SSSR count). The predicted octanol–water partition coefficient (Wildman–Crippen LogP) is 2.55. The second kappa shape index (κ2) is 5.76. The summed E-state index contributed by atoms with van der Waals surface area (Å²) >= 11 is 0. The highest BCUT2D eigenvalue weighted by molar-refractivity contribution is 7.92. The highest BCUT2D eigenvalue weighted by atomic mass is 32.2. The van der Waals surface area contributed by atoms with Crippen molar-refractivity contribution < 1.29 is 17.2 Å². The Balaban J connectivity index is 2.00. The van der Waals surface area contributed by atoms with E-state index in [0.29, 0.717) is 11.4 Å². The molecule has 0 radical (unpaired) electrons. The third-order valence-corrected chi connectivity index (χ3v) is 4.39. The van der Waals surface area contributed by atoms with Gasteiger partial charge < -0.3 is 0 Å². The molecule has 0 bridgehead atoms. The monoisotopic (exact) mass is 336 g/mol. The maximum atomic E-state index is 13.7. The molecule has 2 aromatic heterocycles. The van der Waals surface area contributed by atoms with Crippen molar-refractivity contribution >= 4 is 15.7 Å². The Morgan fingerprint density at radius 3 is 2.65 bits per heavy atom. The van der Waals surface area contributed by atoms with Crippen LogP contribution in [0.3, 0.4) is 0 Å². The molecule has 118 valence electrons. The highest BCUT2D eigenvalue weighted by Crippen LogP contribution is 2.26. The van der Waals surface area contributed by atoms with Crippen LogP contribution < -0.4 is 4.72 Å². The number of sulfonamides is 1. The van der Waals surface area contributed by atoms with Gasteiger partial charge in [-0.2, -0.15) is 5.10 Å². The minimum absolute atomic E-state index is 0.0763. The van der Waals surface area contributed by atoms with E-state index in [1.54, 1.807) is 18.2 Å². The van der Waals surface area contributed by atoms with Crippen molar-refractivity contribution in [3.8, 4) is 11.4 Å². The zero-order chi connectivity index (χ0) is 16.4. The fourth-order valence-electron chi connectivity index (χ4n) is 1.96. The van der Waals surface area contributed by atoms with E-state index in [9.17, 15) is 17.2 Å². The number of pyridine rings is 1. The van der Waals surface area contributed by atoms with Crippen LogP contribution >= 0.6 is 0 Å². The molecule has 3 aromatic rings. The summed E-state index contributed by atoms with van der Waals surface area (Å²) in [6.45, 7) is 0. The van der Waals surface area contributed by atoms with Gasteiger partial charge in [0.2, 0.25) is 0 Å². The van der Waals surface area contributed by atoms with E-state index in [4.69, 9.17) is 0 Å². The zero-order valence-electron chi connectivity index (χ0n) is 11.5. The van der Waals surface area contributed by atoms with Crippen molar-refractivity contribution in [2.75, 3.05) is 4.72 Å². The van der Waals surface area contributed by atoms with Gasteiger partial charge in [0, 0.05) is 6.20 Å². The molecule has 0 aliphatic rings. The lowest BCUT2D eigenvalue weighted by atomic mass is 10.2. The second-order valence-corrected chi connectivity index (χ2v) is 6.18. The first kappa shape index (κ1) is 15.1. The number of nitrogens with one attached hydrogen (secondary N) is 2. The zero-order valence-corrected chi connectivity index (χ0v) is 12.3. The molecule has 0 saturated heterocycles. The summed E-state index contributed by atoms with van der Waals surface area (Å²) in [6, 6.07) is 7.99. The summed E-state index contributed by atoms with van der Waals surface area (Å²) in [5, 5.41) is 6.37. The van der Waals surface area contributed by atoms with E-state index in [1.807, 2.05) is 0 Å². The first-order chi connectivity index (χ1) is 11.0. The van der Waals surface area contributed by atoms with E-state index in [-0.39, 0.29) is 5.69 Å². The van der Waals surface area contributed by atoms with Crippen molar-refractivity contribution in [3.63, 3.8) is 0 Å². The number of benzene rings is 1. The first-order valence-corrected chi connectivity index (χ1v) is 7.89. The Hall–Kier alpha value is -2.81. The van der Waals surface area contributed by atoms with Crippen LogP contribution in [0, 0.1) is 11.6 Å². The maximum Gasteiger partial charge on any atom is 0.265 e. The maximum absolute atomic E-state index is 13.7. The molecule has 1 aromatic carbocycles. The summed E-state index contributed by atoms with van der Waals surface area (Å²) in [5.41, 5.74) is 0.834. The van der Waals surface area contributed by atoms with Crippen molar-refractivity contribution in [1.82, 2.24) is 15.2 Å². The van der Waals surface area contributed by atoms with Crippen LogP contribution in [0.4, 0.5) is 14.5 Å². The third kappa shape index (κ3) is 2.90. The highest BCUT2D eigenvalue weighted by Gasteiger charge is 2.23. The van der Waals surface area contributed by atoms with Gasteiger partial charge in [-0.3, -0.25) is 14.8 Å². The quantitative estimate of drug-likeness (QED) is 0.766. The van der Waals surface area contributed by atoms with Crippen LogP contribution in [0.25, 0.3) is 11.4 Å². The van der Waals surface area contributed by atoms with Gasteiger partial charge in [0.05, 0.1) is 17.6 Å². The summed E-state index contributed by atoms with van der Waals surface area (Å²) in [7, 11) is -4.32. The summed E-state index contributed by atoms with van der Waals surface area (Å²) in [4.78, 5) is 3.29. The standard InChI is InChI=1S/C14H10F2N4O2S/c15-9-4-3-6-12(13(9)16)23(21,22)20-11-8-18-19-14(11)10-5-1-2-7-17-10/h1-8,20H,(H,18,19). The Kier molecular flexibility index (Phi) is 3.78. The SMILES string of the molecule is O=S(=O)(Nc1cn[nH]c1-c1ccccn1)c1cccc(F)c1F. The fraction of sp³-hybridized carbons (Fsp3) is 0. The molecule has 6 nitrogen and oxygen atoms in total. The lowest BCUT2D eigenvalue weighted by Crippen LogP contribution is -2.15. The van der Waals surface area contributed by atoms with Gasteiger partial charge in [-0.15, -0.1) is 0 Å². The van der Waals surface area contributed by atoms with Gasteiger partial charge in [0.15, 0.2) is 11.6 Å². The molecule has 2 N–H and O–H groups in total. The number of aromatic amines is 1. The van der Waals surface area contributed by atoms with Crippen LogP contribution in [0.2, 0.25) is 0 Å². The van der Waals surface area contributed by atoms with Crippen LogP contribution in [0.5, 0.6) is 0 Å². The Bertz CT molecular complexity index is 942. The molecule has 0 fully saturated rings. The third-order valence-electron chi connectivity index (χ3n) is 3.01. The smallest absolute Gasteiger partial charge is 0.265 e. The average Bonchev–Trinajstić information content (AvgIpc) is 2.98. The lowest BCUT2D eigenvalue weighted by Gasteiger charge is -2.09. The van der Waals surface area contributed by atoms with E-state index >= 15 is 0 Å². The summed E-state index contributed by atoms with van der Waals surface area (Å²) in [6.07, 6.45) is 2.75. The molecule has 0 aliphatic heterocycles. The van der Waals surface area contributed by atoms with Crippen LogP contribution in [-0.2, 0) is 10.0 Å². The summed E-state index contributed by atoms with van der Waals surface area (Å²) in [5.74, 6) is -2.69. The molecule has 0 atom stereocenters. The Morgan fingerprint density at radius 1 is 1.09 bits per heavy atom. The van der Waals surface area contributed by atoms with E-state index in [1.165, 1.54) is 12.4 Å². The van der Waals surface area contributed by atoms with Crippen LogP contribution in [-0.4, -0.2) is 23.6 Å². The molecule has 23 heavy (non-hydrogen) atoms. The van der Waals surface area contributed by atoms with Gasteiger partial charge in [-0.25, -0.2) is 17.2 Å². The number of hydrogen-bond donors (Lipinski definition) is 2. The van der Waals surface area contributed by atoms with E-state index in [0.717, 1.165) is 18.2 Å². The molecule has 0 unspecified atom stereocenters.